The van der Waals surface area contributed by atoms with Crippen LogP contribution in [0.4, 0.5) is 16.0 Å². The highest BCUT2D eigenvalue weighted by atomic mass is 19.1. The molecule has 0 bridgehead atoms. The summed E-state index contributed by atoms with van der Waals surface area (Å²) in [7, 11) is 1.56. The molecule has 144 valence electrons. The summed E-state index contributed by atoms with van der Waals surface area (Å²) in [6.07, 6.45) is 0. The van der Waals surface area contributed by atoms with E-state index in [0.29, 0.717) is 28.1 Å². The van der Waals surface area contributed by atoms with Crippen LogP contribution >= 0.6 is 0 Å². The lowest BCUT2D eigenvalue weighted by Crippen LogP contribution is -2.29. The van der Waals surface area contributed by atoms with Gasteiger partial charge in [-0.1, -0.05) is 35.4 Å². The molecule has 0 spiro atoms. The lowest BCUT2D eigenvalue weighted by atomic mass is 9.92. The Kier molecular flexibility index (Phi) is 3.83. The van der Waals surface area contributed by atoms with E-state index in [2.05, 4.69) is 31.0 Å². The van der Waals surface area contributed by atoms with E-state index in [-0.39, 0.29) is 11.6 Å². The number of methoxy groups -OCH3 is 1. The monoisotopic (exact) mass is 391 g/mol. The fraction of sp³-hybridized carbons (Fsp3) is 0.105. The smallest absolute Gasteiger partial charge is 0.288 e. The maximum absolute atomic E-state index is 14.8. The van der Waals surface area contributed by atoms with E-state index >= 15 is 0 Å². The number of fused-ring (bicyclic) bond motifs is 2. The van der Waals surface area contributed by atoms with Crippen LogP contribution in [0.15, 0.2) is 53.3 Å². The Labute approximate surface area is 163 Å². The largest absolute Gasteiger partial charge is 0.497 e. The molecule has 5 rings (SSSR count). The second kappa shape index (κ2) is 6.51. The van der Waals surface area contributed by atoms with Crippen molar-refractivity contribution >= 4 is 11.6 Å². The molecule has 0 aliphatic carbocycles. The van der Waals surface area contributed by atoms with Gasteiger partial charge in [-0.25, -0.2) is 9.49 Å². The lowest BCUT2D eigenvalue weighted by molar-refractivity contribution is 0.415. The van der Waals surface area contributed by atoms with Crippen molar-refractivity contribution in [1.29, 1.82) is 0 Å². The Hall–Kier alpha value is -4.08. The molecule has 29 heavy (non-hydrogen) atoms. The minimum Gasteiger partial charge on any atom is -0.497 e. The maximum Gasteiger partial charge on any atom is 0.288 e. The Morgan fingerprint density at radius 1 is 1.17 bits per heavy atom. The second-order valence-electron chi connectivity index (χ2n) is 6.42. The Bertz CT molecular complexity index is 1280. The molecule has 0 unspecified atom stereocenters. The van der Waals surface area contributed by atoms with Crippen LogP contribution in [0, 0.1) is 5.82 Å². The molecule has 2 N–H and O–H groups in total. The summed E-state index contributed by atoms with van der Waals surface area (Å²) >= 11 is 0. The number of rotatable bonds is 3. The molecule has 2 aromatic carbocycles. The molecule has 0 saturated heterocycles. The molecule has 0 fully saturated rings. The number of nitrogens with one attached hydrogen (secondary N) is 2. The molecule has 10 heteroatoms. The molecular weight excluding hydrogens is 377 g/mol. The molecule has 3 heterocycles. The maximum atomic E-state index is 14.8. The van der Waals surface area contributed by atoms with E-state index < -0.39 is 17.4 Å². The van der Waals surface area contributed by atoms with Gasteiger partial charge >= 0.3 is 0 Å². The van der Waals surface area contributed by atoms with Crippen LogP contribution in [0.25, 0.3) is 11.3 Å². The van der Waals surface area contributed by atoms with E-state index in [4.69, 9.17) is 4.74 Å². The van der Waals surface area contributed by atoms with Crippen molar-refractivity contribution in [3.63, 3.8) is 0 Å². The standard InChI is InChI=1S/C19H14FN7O2/c1-29-11-6-4-5-10(9-11)15-14-16(18(28)23-22-15)21-19-24-25-26-27(19)17(14)12-7-2-3-8-13(12)20/h2-9,17H,1H3,(H,23,28)(H,21,24,26)/t17-/m0/s1. The van der Waals surface area contributed by atoms with E-state index in [9.17, 15) is 9.18 Å². The number of nitrogens with zero attached hydrogens (tertiary/aromatic N) is 5. The number of halogens is 1. The number of anilines is 2. The van der Waals surface area contributed by atoms with Gasteiger partial charge in [-0.2, -0.15) is 9.78 Å². The minimum atomic E-state index is -0.784. The van der Waals surface area contributed by atoms with Gasteiger partial charge in [-0.15, -0.1) is 0 Å². The first-order valence-corrected chi connectivity index (χ1v) is 8.73. The summed E-state index contributed by atoms with van der Waals surface area (Å²) in [6, 6.07) is 12.7. The van der Waals surface area contributed by atoms with Crippen LogP contribution in [-0.4, -0.2) is 37.5 Å². The van der Waals surface area contributed by atoms with Crippen LogP contribution in [-0.2, 0) is 0 Å². The summed E-state index contributed by atoms with van der Waals surface area (Å²) in [5.41, 5.74) is 1.69. The Balaban J connectivity index is 1.83. The van der Waals surface area contributed by atoms with Crippen LogP contribution in [0.1, 0.15) is 17.2 Å². The molecule has 0 radical (unpaired) electrons. The zero-order valence-corrected chi connectivity index (χ0v) is 15.1. The van der Waals surface area contributed by atoms with Gasteiger partial charge in [0.25, 0.3) is 5.56 Å². The predicted molar refractivity (Wildman–Crippen MR) is 102 cm³/mol. The van der Waals surface area contributed by atoms with Crippen molar-refractivity contribution < 1.29 is 9.13 Å². The van der Waals surface area contributed by atoms with Gasteiger partial charge in [0, 0.05) is 16.7 Å². The summed E-state index contributed by atoms with van der Waals surface area (Å²) in [4.78, 5) is 12.6. The van der Waals surface area contributed by atoms with Gasteiger partial charge < -0.3 is 10.1 Å². The molecule has 1 atom stereocenters. The zero-order valence-electron chi connectivity index (χ0n) is 15.1. The van der Waals surface area contributed by atoms with E-state index in [0.717, 1.165) is 0 Å². The van der Waals surface area contributed by atoms with Crippen LogP contribution in [0.5, 0.6) is 5.75 Å². The highest BCUT2D eigenvalue weighted by Gasteiger charge is 2.35. The third kappa shape index (κ3) is 2.64. The summed E-state index contributed by atoms with van der Waals surface area (Å²) < 4.78 is 21.5. The number of ether oxygens (including phenoxy) is 1. The fourth-order valence-corrected chi connectivity index (χ4v) is 3.51. The number of H-pyrrole nitrogens is 1. The first-order valence-electron chi connectivity index (χ1n) is 8.73. The highest BCUT2D eigenvalue weighted by Crippen LogP contribution is 2.41. The van der Waals surface area contributed by atoms with Gasteiger partial charge in [0.05, 0.1) is 12.8 Å². The van der Waals surface area contributed by atoms with Crippen molar-refractivity contribution in [2.75, 3.05) is 12.4 Å². The summed E-state index contributed by atoms with van der Waals surface area (Å²) in [5.74, 6) is 0.418. The van der Waals surface area contributed by atoms with Gasteiger partial charge in [0.1, 0.15) is 23.3 Å². The van der Waals surface area contributed by atoms with Crippen LogP contribution in [0.2, 0.25) is 0 Å². The van der Waals surface area contributed by atoms with Crippen molar-refractivity contribution in [1.82, 2.24) is 30.4 Å². The molecule has 9 nitrogen and oxygen atoms in total. The Morgan fingerprint density at radius 3 is 2.86 bits per heavy atom. The molecule has 1 aliphatic heterocycles. The van der Waals surface area contributed by atoms with Gasteiger partial charge in [0.15, 0.2) is 0 Å². The van der Waals surface area contributed by atoms with Gasteiger partial charge in [-0.05, 0) is 28.6 Å². The fourth-order valence-electron chi connectivity index (χ4n) is 3.51. The van der Waals surface area contributed by atoms with E-state index in [1.165, 1.54) is 10.7 Å². The number of hydrogen-bond acceptors (Lipinski definition) is 7. The quantitative estimate of drug-likeness (QED) is 0.485. The van der Waals surface area contributed by atoms with Crippen molar-refractivity contribution in [3.05, 3.63) is 75.8 Å². The predicted octanol–water partition coefficient (Wildman–Crippen LogP) is 2.27. The van der Waals surface area contributed by atoms with Crippen LogP contribution in [0.3, 0.4) is 0 Å². The molecule has 4 aromatic rings. The Morgan fingerprint density at radius 2 is 2.03 bits per heavy atom. The number of hydrogen-bond donors (Lipinski definition) is 2. The molecular formula is C19H14FN7O2. The highest BCUT2D eigenvalue weighted by molar-refractivity contribution is 5.76. The number of tetrazole rings is 1. The normalized spacial score (nSPS) is 14.6. The lowest BCUT2D eigenvalue weighted by Gasteiger charge is -2.28. The van der Waals surface area contributed by atoms with Crippen LogP contribution < -0.4 is 15.6 Å². The van der Waals surface area contributed by atoms with Gasteiger partial charge in [0.2, 0.25) is 5.95 Å². The topological polar surface area (TPSA) is 111 Å². The van der Waals surface area contributed by atoms with Crippen molar-refractivity contribution in [2.45, 2.75) is 6.04 Å². The molecule has 0 amide bonds. The molecule has 0 saturated carbocycles. The van der Waals surface area contributed by atoms with Gasteiger partial charge in [-0.3, -0.25) is 4.79 Å². The molecule has 2 aromatic heterocycles. The third-order valence-electron chi connectivity index (χ3n) is 4.81. The number of aromatic amines is 1. The molecule has 1 aliphatic rings. The minimum absolute atomic E-state index is 0.216. The average molecular weight is 391 g/mol. The average Bonchev–Trinajstić information content (AvgIpc) is 3.22. The van der Waals surface area contributed by atoms with E-state index in [1.54, 1.807) is 37.4 Å². The summed E-state index contributed by atoms with van der Waals surface area (Å²) in [6.45, 7) is 0. The summed E-state index contributed by atoms with van der Waals surface area (Å²) in [5, 5.41) is 21.3. The van der Waals surface area contributed by atoms with Crippen molar-refractivity contribution in [2.24, 2.45) is 0 Å². The number of aromatic nitrogens is 6. The first kappa shape index (κ1) is 17.0. The van der Waals surface area contributed by atoms with Crippen molar-refractivity contribution in [3.8, 4) is 17.0 Å². The zero-order chi connectivity index (χ0) is 20.0. The SMILES string of the molecule is COc1cccc(-c2n[nH]c(=O)c3c2[C@H](c2ccccc2F)n2nnnc2N3)c1. The second-order valence-corrected chi connectivity index (χ2v) is 6.42. The number of benzene rings is 2. The first-order chi connectivity index (χ1) is 14.2. The third-order valence-corrected chi connectivity index (χ3v) is 4.81. The van der Waals surface area contributed by atoms with E-state index in [1.807, 2.05) is 12.1 Å².